The molecule has 1 saturated carbocycles. The highest BCUT2D eigenvalue weighted by atomic mass is 32.1. The van der Waals surface area contributed by atoms with Crippen molar-refractivity contribution >= 4 is 17.4 Å². The molecule has 0 aliphatic heterocycles. The van der Waals surface area contributed by atoms with E-state index in [1.165, 1.54) is 6.07 Å². The predicted molar refractivity (Wildman–Crippen MR) is 81.9 cm³/mol. The summed E-state index contributed by atoms with van der Waals surface area (Å²) in [5, 5.41) is 11.0. The van der Waals surface area contributed by atoms with Gasteiger partial charge in [0.25, 0.3) is 11.5 Å². The number of amides is 1. The van der Waals surface area contributed by atoms with E-state index in [9.17, 15) is 9.59 Å². The van der Waals surface area contributed by atoms with Crippen molar-refractivity contribution in [1.29, 1.82) is 0 Å². The van der Waals surface area contributed by atoms with Gasteiger partial charge in [-0.2, -0.15) is 5.10 Å². The first-order valence-corrected chi connectivity index (χ1v) is 8.06. The van der Waals surface area contributed by atoms with Crippen LogP contribution >= 0.6 is 11.5 Å². The van der Waals surface area contributed by atoms with Crippen LogP contribution in [0, 0.1) is 6.92 Å². The zero-order valence-electron chi connectivity index (χ0n) is 12.2. The molecule has 1 aliphatic carbocycles. The van der Waals surface area contributed by atoms with Crippen molar-refractivity contribution in [2.24, 2.45) is 0 Å². The molecule has 0 saturated heterocycles. The molecule has 2 aromatic rings. The smallest absolute Gasteiger partial charge is 0.266 e. The summed E-state index contributed by atoms with van der Waals surface area (Å²) in [7, 11) is 0. The second-order valence-corrected chi connectivity index (χ2v) is 6.23. The number of hydrogen-bond acceptors (Lipinski definition) is 6. The first-order chi connectivity index (χ1) is 10.6. The molecule has 8 heteroatoms. The third-order valence-corrected chi connectivity index (χ3v) is 4.80. The van der Waals surface area contributed by atoms with Crippen LogP contribution in [-0.4, -0.2) is 31.3 Å². The third kappa shape index (κ3) is 3.06. The second-order valence-electron chi connectivity index (χ2n) is 5.47. The lowest BCUT2D eigenvalue weighted by Crippen LogP contribution is -2.39. The van der Waals surface area contributed by atoms with E-state index in [1.54, 1.807) is 23.9 Å². The predicted octanol–water partition coefficient (Wildman–Crippen LogP) is 1.32. The average molecular weight is 319 g/mol. The molecule has 1 fully saturated rings. The molecule has 2 heterocycles. The first kappa shape index (κ1) is 14.8. The standard InChI is InChI=1S/C14H17N5O2S/c1-9-13(22-18-17-9)14(21)16-10-4-6-11(7-5-10)19-12(20)3-2-8-15-19/h2-3,8,10-11H,4-7H2,1H3,(H,16,21). The molecule has 0 spiro atoms. The number of aromatic nitrogens is 4. The van der Waals surface area contributed by atoms with E-state index in [0.29, 0.717) is 10.6 Å². The van der Waals surface area contributed by atoms with E-state index in [0.717, 1.165) is 37.2 Å². The molecule has 1 N–H and O–H groups in total. The fourth-order valence-electron chi connectivity index (χ4n) is 2.80. The van der Waals surface area contributed by atoms with E-state index in [1.807, 2.05) is 0 Å². The van der Waals surface area contributed by atoms with Gasteiger partial charge in [0.15, 0.2) is 0 Å². The van der Waals surface area contributed by atoms with Crippen molar-refractivity contribution in [2.45, 2.75) is 44.7 Å². The number of nitrogens with one attached hydrogen (secondary N) is 1. The summed E-state index contributed by atoms with van der Waals surface area (Å²) >= 11 is 1.12. The molecule has 3 rings (SSSR count). The Morgan fingerprint density at radius 1 is 1.36 bits per heavy atom. The van der Waals surface area contributed by atoms with E-state index >= 15 is 0 Å². The van der Waals surface area contributed by atoms with Gasteiger partial charge in [-0.25, -0.2) is 4.68 Å². The zero-order valence-corrected chi connectivity index (χ0v) is 13.0. The Balaban J connectivity index is 1.58. The van der Waals surface area contributed by atoms with Gasteiger partial charge >= 0.3 is 0 Å². The summed E-state index contributed by atoms with van der Waals surface area (Å²) in [4.78, 5) is 24.5. The van der Waals surface area contributed by atoms with Crippen LogP contribution in [-0.2, 0) is 0 Å². The van der Waals surface area contributed by atoms with E-state index in [2.05, 4.69) is 20.0 Å². The molecule has 22 heavy (non-hydrogen) atoms. The maximum absolute atomic E-state index is 12.2. The number of carbonyl (C=O) groups excluding carboxylic acids is 1. The van der Waals surface area contributed by atoms with Crippen molar-refractivity contribution in [3.05, 3.63) is 39.3 Å². The second kappa shape index (κ2) is 6.35. The molecule has 116 valence electrons. The van der Waals surface area contributed by atoms with Crippen LogP contribution in [0.3, 0.4) is 0 Å². The Labute approximate surface area is 131 Å². The molecule has 0 unspecified atom stereocenters. The van der Waals surface area contributed by atoms with Crippen LogP contribution < -0.4 is 10.9 Å². The summed E-state index contributed by atoms with van der Waals surface area (Å²) < 4.78 is 5.33. The van der Waals surface area contributed by atoms with E-state index in [4.69, 9.17) is 0 Å². The quantitative estimate of drug-likeness (QED) is 0.921. The molecule has 7 nitrogen and oxygen atoms in total. The lowest BCUT2D eigenvalue weighted by molar-refractivity contribution is 0.0924. The van der Waals surface area contributed by atoms with E-state index in [-0.39, 0.29) is 23.6 Å². The minimum Gasteiger partial charge on any atom is -0.348 e. The van der Waals surface area contributed by atoms with Crippen LogP contribution in [0.2, 0.25) is 0 Å². The van der Waals surface area contributed by atoms with Gasteiger partial charge in [-0.05, 0) is 50.2 Å². The Morgan fingerprint density at radius 3 is 2.77 bits per heavy atom. The number of carbonyl (C=O) groups is 1. The van der Waals surface area contributed by atoms with Crippen LogP contribution in [0.4, 0.5) is 0 Å². The van der Waals surface area contributed by atoms with Gasteiger partial charge in [-0.3, -0.25) is 9.59 Å². The highest BCUT2D eigenvalue weighted by molar-refractivity contribution is 7.08. The molecular weight excluding hydrogens is 302 g/mol. The topological polar surface area (TPSA) is 89.8 Å². The highest BCUT2D eigenvalue weighted by Gasteiger charge is 2.25. The van der Waals surface area contributed by atoms with Gasteiger partial charge < -0.3 is 5.32 Å². The van der Waals surface area contributed by atoms with Gasteiger partial charge in [0.2, 0.25) is 0 Å². The Bertz CT molecular complexity index is 718. The molecule has 0 radical (unpaired) electrons. The highest BCUT2D eigenvalue weighted by Crippen LogP contribution is 2.27. The number of hydrogen-bond donors (Lipinski definition) is 1. The summed E-state index contributed by atoms with van der Waals surface area (Å²) in [5.74, 6) is -0.106. The molecule has 0 bridgehead atoms. The van der Waals surface area contributed by atoms with Gasteiger partial charge in [0, 0.05) is 18.3 Å². The molecule has 2 aromatic heterocycles. The third-order valence-electron chi connectivity index (χ3n) is 3.98. The van der Waals surface area contributed by atoms with Gasteiger partial charge in [-0.1, -0.05) is 4.49 Å². The molecule has 1 amide bonds. The average Bonchev–Trinajstić information content (AvgIpc) is 2.95. The normalized spacial score (nSPS) is 21.5. The lowest BCUT2D eigenvalue weighted by Gasteiger charge is -2.29. The number of nitrogens with zero attached hydrogens (tertiary/aromatic N) is 4. The van der Waals surface area contributed by atoms with Crippen molar-refractivity contribution in [3.63, 3.8) is 0 Å². The minimum absolute atomic E-state index is 0.0682. The van der Waals surface area contributed by atoms with Crippen LogP contribution in [0.25, 0.3) is 0 Å². The maximum atomic E-state index is 12.2. The molecule has 0 atom stereocenters. The van der Waals surface area contributed by atoms with Crippen molar-refractivity contribution in [3.8, 4) is 0 Å². The monoisotopic (exact) mass is 319 g/mol. The fraction of sp³-hybridized carbons (Fsp3) is 0.500. The van der Waals surface area contributed by atoms with Crippen molar-refractivity contribution in [2.75, 3.05) is 0 Å². The summed E-state index contributed by atoms with van der Waals surface area (Å²) in [6.07, 6.45) is 4.98. The van der Waals surface area contributed by atoms with Crippen LogP contribution in [0.1, 0.15) is 47.1 Å². The largest absolute Gasteiger partial charge is 0.348 e. The molecular formula is C14H17N5O2S. The summed E-state index contributed by atoms with van der Waals surface area (Å²) in [5.41, 5.74) is 0.595. The maximum Gasteiger partial charge on any atom is 0.266 e. The van der Waals surface area contributed by atoms with Gasteiger partial charge in [0.05, 0.1) is 11.7 Å². The molecule has 1 aliphatic rings. The number of rotatable bonds is 3. The summed E-state index contributed by atoms with van der Waals surface area (Å²) in [6.45, 7) is 1.78. The lowest BCUT2D eigenvalue weighted by atomic mass is 9.91. The Kier molecular flexibility index (Phi) is 4.28. The van der Waals surface area contributed by atoms with Gasteiger partial charge in [-0.15, -0.1) is 5.10 Å². The number of aryl methyl sites for hydroxylation is 1. The fourth-order valence-corrected chi connectivity index (χ4v) is 3.36. The summed E-state index contributed by atoms with van der Waals surface area (Å²) in [6, 6.07) is 3.43. The van der Waals surface area contributed by atoms with Gasteiger partial charge in [0.1, 0.15) is 4.88 Å². The molecule has 0 aromatic carbocycles. The first-order valence-electron chi connectivity index (χ1n) is 7.29. The van der Waals surface area contributed by atoms with Crippen molar-refractivity contribution in [1.82, 2.24) is 24.7 Å². The Morgan fingerprint density at radius 2 is 2.14 bits per heavy atom. The van der Waals surface area contributed by atoms with Crippen molar-refractivity contribution < 1.29 is 4.79 Å². The van der Waals surface area contributed by atoms with E-state index < -0.39 is 0 Å². The van der Waals surface area contributed by atoms with Crippen LogP contribution in [0.5, 0.6) is 0 Å². The zero-order chi connectivity index (χ0) is 15.5. The van der Waals surface area contributed by atoms with Crippen LogP contribution in [0.15, 0.2) is 23.1 Å². The Hall–Kier alpha value is -2.09. The SMILES string of the molecule is Cc1nnsc1C(=O)NC1CCC(n2ncccc2=O)CC1. The minimum atomic E-state index is -0.106.